The highest BCUT2D eigenvalue weighted by Gasteiger charge is 2.09. The summed E-state index contributed by atoms with van der Waals surface area (Å²) in [5.41, 5.74) is 3.41. The van der Waals surface area contributed by atoms with Gasteiger partial charge in [-0.05, 0) is 36.6 Å². The molecule has 0 bridgehead atoms. The first kappa shape index (κ1) is 10.6. The number of hydrogen-bond donors (Lipinski definition) is 0. The van der Waals surface area contributed by atoms with Gasteiger partial charge in [-0.2, -0.15) is 0 Å². The Labute approximate surface area is 87.7 Å². The van der Waals surface area contributed by atoms with Crippen LogP contribution in [0.2, 0.25) is 0 Å². The van der Waals surface area contributed by atoms with Crippen LogP contribution in [0.4, 0.5) is 0 Å². The van der Waals surface area contributed by atoms with Crippen LogP contribution in [0.3, 0.4) is 0 Å². The molecule has 0 heterocycles. The van der Waals surface area contributed by atoms with Crippen molar-refractivity contribution in [2.45, 2.75) is 18.7 Å². The maximum atomic E-state index is 10.6. The zero-order valence-corrected chi connectivity index (χ0v) is 8.99. The van der Waals surface area contributed by atoms with E-state index in [2.05, 4.69) is 0 Å². The van der Waals surface area contributed by atoms with Crippen LogP contribution in [-0.2, 0) is 0 Å². The summed E-state index contributed by atoms with van der Waals surface area (Å²) in [5, 5.41) is 0. The Morgan fingerprint density at radius 2 is 1.85 bits per heavy atom. The molecule has 0 amide bonds. The molecule has 70 valence electrons. The van der Waals surface area contributed by atoms with Crippen molar-refractivity contribution < 1.29 is 4.79 Å². The summed E-state index contributed by atoms with van der Waals surface area (Å²) in [6.45, 7) is 3.81. The van der Waals surface area contributed by atoms with E-state index in [9.17, 15) is 4.79 Å². The molecule has 1 aromatic carbocycles. The van der Waals surface area contributed by atoms with E-state index in [0.717, 1.165) is 23.0 Å². The number of aryl methyl sites for hydroxylation is 2. The second-order valence-electron chi connectivity index (χ2n) is 2.98. The van der Waals surface area contributed by atoms with E-state index in [0.29, 0.717) is 5.56 Å². The highest BCUT2D eigenvalue weighted by atomic mass is 35.5. The summed E-state index contributed by atoms with van der Waals surface area (Å²) in [6, 6.07) is 3.65. The SMILES string of the molecule is Cc1cc(C)c(C(Cl)Cl)cc1C=O. The van der Waals surface area contributed by atoms with Crippen LogP contribution in [0, 0.1) is 13.8 Å². The topological polar surface area (TPSA) is 17.1 Å². The van der Waals surface area contributed by atoms with E-state index >= 15 is 0 Å². The maximum Gasteiger partial charge on any atom is 0.150 e. The lowest BCUT2D eigenvalue weighted by molar-refractivity contribution is 0.112. The molecule has 0 aliphatic heterocycles. The Bertz CT molecular complexity index is 332. The smallest absolute Gasteiger partial charge is 0.150 e. The molecule has 0 unspecified atom stereocenters. The van der Waals surface area contributed by atoms with Gasteiger partial charge in [0.2, 0.25) is 0 Å². The number of hydrogen-bond acceptors (Lipinski definition) is 1. The molecule has 0 spiro atoms. The highest BCUT2D eigenvalue weighted by molar-refractivity contribution is 6.44. The van der Waals surface area contributed by atoms with E-state index in [1.54, 1.807) is 6.07 Å². The summed E-state index contributed by atoms with van der Waals surface area (Å²) in [5.74, 6) is 0. The van der Waals surface area contributed by atoms with Gasteiger partial charge in [-0.15, -0.1) is 23.2 Å². The molecule has 13 heavy (non-hydrogen) atoms. The van der Waals surface area contributed by atoms with E-state index < -0.39 is 4.84 Å². The summed E-state index contributed by atoms with van der Waals surface area (Å²) < 4.78 is 0. The zero-order valence-electron chi connectivity index (χ0n) is 7.47. The van der Waals surface area contributed by atoms with Gasteiger partial charge in [0.25, 0.3) is 0 Å². The van der Waals surface area contributed by atoms with E-state index in [1.165, 1.54) is 0 Å². The van der Waals surface area contributed by atoms with Crippen molar-refractivity contribution in [3.05, 3.63) is 34.4 Å². The predicted molar refractivity (Wildman–Crippen MR) is 55.8 cm³/mol. The minimum atomic E-state index is -0.570. The summed E-state index contributed by atoms with van der Waals surface area (Å²) in [4.78, 5) is 10.1. The van der Waals surface area contributed by atoms with E-state index in [1.807, 2.05) is 19.9 Å². The van der Waals surface area contributed by atoms with E-state index in [-0.39, 0.29) is 0 Å². The molecule has 0 aliphatic carbocycles. The summed E-state index contributed by atoms with van der Waals surface area (Å²) in [6.07, 6.45) is 0.814. The van der Waals surface area contributed by atoms with Gasteiger partial charge in [0.05, 0.1) is 0 Å². The number of aldehydes is 1. The normalized spacial score (nSPS) is 10.5. The number of carbonyl (C=O) groups excluding carboxylic acids is 1. The number of alkyl halides is 2. The van der Waals surface area contributed by atoms with Gasteiger partial charge in [-0.3, -0.25) is 4.79 Å². The monoisotopic (exact) mass is 216 g/mol. The van der Waals surface area contributed by atoms with Crippen LogP contribution in [0.1, 0.15) is 31.9 Å². The molecular weight excluding hydrogens is 207 g/mol. The van der Waals surface area contributed by atoms with Crippen molar-refractivity contribution >= 4 is 29.5 Å². The molecule has 0 aliphatic rings. The number of halogens is 2. The van der Waals surface area contributed by atoms with Crippen molar-refractivity contribution in [1.29, 1.82) is 0 Å². The first-order valence-corrected chi connectivity index (χ1v) is 4.78. The Hall–Kier alpha value is -0.530. The molecule has 0 aromatic heterocycles. The maximum absolute atomic E-state index is 10.6. The molecule has 0 N–H and O–H groups in total. The van der Waals surface area contributed by atoms with Crippen LogP contribution < -0.4 is 0 Å². The Morgan fingerprint density at radius 1 is 1.23 bits per heavy atom. The molecule has 0 radical (unpaired) electrons. The molecular formula is C10H10Cl2O. The fraction of sp³-hybridized carbons (Fsp3) is 0.300. The van der Waals surface area contributed by atoms with Crippen molar-refractivity contribution in [3.8, 4) is 0 Å². The average molecular weight is 217 g/mol. The number of carbonyl (C=O) groups is 1. The van der Waals surface area contributed by atoms with Crippen LogP contribution in [0.5, 0.6) is 0 Å². The largest absolute Gasteiger partial charge is 0.298 e. The number of benzene rings is 1. The molecule has 0 saturated carbocycles. The first-order chi connectivity index (χ1) is 6.06. The molecule has 0 fully saturated rings. The minimum Gasteiger partial charge on any atom is -0.298 e. The number of rotatable bonds is 2. The molecule has 1 nitrogen and oxygen atoms in total. The zero-order chi connectivity index (χ0) is 10.0. The fourth-order valence-corrected chi connectivity index (χ4v) is 1.72. The van der Waals surface area contributed by atoms with Crippen molar-refractivity contribution in [3.63, 3.8) is 0 Å². The molecule has 0 atom stereocenters. The summed E-state index contributed by atoms with van der Waals surface area (Å²) in [7, 11) is 0. The second-order valence-corrected chi connectivity index (χ2v) is 4.08. The van der Waals surface area contributed by atoms with E-state index in [4.69, 9.17) is 23.2 Å². The van der Waals surface area contributed by atoms with Crippen LogP contribution in [0.15, 0.2) is 12.1 Å². The van der Waals surface area contributed by atoms with Gasteiger partial charge < -0.3 is 0 Å². The van der Waals surface area contributed by atoms with Gasteiger partial charge in [-0.25, -0.2) is 0 Å². The third kappa shape index (κ3) is 2.23. The lowest BCUT2D eigenvalue weighted by Crippen LogP contribution is -1.94. The Balaban J connectivity index is 3.30. The quantitative estimate of drug-likeness (QED) is 0.546. The Kier molecular flexibility index (Phi) is 3.34. The van der Waals surface area contributed by atoms with Crippen molar-refractivity contribution in [1.82, 2.24) is 0 Å². The standard InChI is InChI=1S/C10H10Cl2O/c1-6-3-7(2)9(10(11)12)4-8(6)5-13/h3-5,10H,1-2H3. The van der Waals surface area contributed by atoms with Crippen LogP contribution >= 0.6 is 23.2 Å². The van der Waals surface area contributed by atoms with Gasteiger partial charge in [0.15, 0.2) is 0 Å². The molecule has 0 saturated heterocycles. The van der Waals surface area contributed by atoms with Crippen molar-refractivity contribution in [2.75, 3.05) is 0 Å². The first-order valence-electron chi connectivity index (χ1n) is 3.90. The van der Waals surface area contributed by atoms with Gasteiger partial charge >= 0.3 is 0 Å². The second kappa shape index (κ2) is 4.12. The fourth-order valence-electron chi connectivity index (χ4n) is 1.25. The average Bonchev–Trinajstić information content (AvgIpc) is 2.03. The van der Waals surface area contributed by atoms with Crippen molar-refractivity contribution in [2.24, 2.45) is 0 Å². The lowest BCUT2D eigenvalue weighted by Gasteiger charge is -2.09. The molecule has 1 aromatic rings. The van der Waals surface area contributed by atoms with Gasteiger partial charge in [-0.1, -0.05) is 6.07 Å². The van der Waals surface area contributed by atoms with Crippen LogP contribution in [0.25, 0.3) is 0 Å². The highest BCUT2D eigenvalue weighted by Crippen LogP contribution is 2.29. The van der Waals surface area contributed by atoms with Gasteiger partial charge in [0.1, 0.15) is 11.1 Å². The van der Waals surface area contributed by atoms with Gasteiger partial charge in [0, 0.05) is 5.56 Å². The molecule has 1 rings (SSSR count). The third-order valence-corrected chi connectivity index (χ3v) is 2.49. The van der Waals surface area contributed by atoms with Crippen LogP contribution in [-0.4, -0.2) is 6.29 Å². The lowest BCUT2D eigenvalue weighted by atomic mass is 10.0. The molecule has 3 heteroatoms. The third-order valence-electron chi connectivity index (χ3n) is 2.02. The Morgan fingerprint density at radius 3 is 2.31 bits per heavy atom. The minimum absolute atomic E-state index is 0.570. The predicted octanol–water partition coefficient (Wildman–Crippen LogP) is 3.59. The summed E-state index contributed by atoms with van der Waals surface area (Å²) >= 11 is 11.5.